The quantitative estimate of drug-likeness (QED) is 0.677. The summed E-state index contributed by atoms with van der Waals surface area (Å²) in [4.78, 5) is 8.12. The second-order valence-corrected chi connectivity index (χ2v) is 2.51. The molecule has 0 aliphatic heterocycles. The second kappa shape index (κ2) is 3.36. The Morgan fingerprint density at radius 3 is 2.92 bits per heavy atom. The minimum Gasteiger partial charge on any atom is -0.392 e. The molecule has 3 nitrogen and oxygen atoms in total. The van der Waals surface area contributed by atoms with Crippen molar-refractivity contribution in [2.24, 2.45) is 7.05 Å². The van der Waals surface area contributed by atoms with Crippen LogP contribution in [0.15, 0.2) is 12.3 Å². The molecule has 0 fully saturated rings. The summed E-state index contributed by atoms with van der Waals surface area (Å²) in [6, 6.07) is 1.94. The molecule has 0 bridgehead atoms. The normalized spacial score (nSPS) is 9.83. The molecule has 0 atom stereocenters. The third-order valence-electron chi connectivity index (χ3n) is 1.84. The van der Waals surface area contributed by atoms with Crippen molar-refractivity contribution in [1.29, 1.82) is 0 Å². The van der Waals surface area contributed by atoms with Crippen molar-refractivity contribution in [3.63, 3.8) is 0 Å². The zero-order chi connectivity index (χ0) is 7.84. The minimum atomic E-state index is 0. The zero-order valence-corrected chi connectivity index (χ0v) is 9.84. The maximum atomic E-state index is 4.26. The van der Waals surface area contributed by atoms with Crippen molar-refractivity contribution in [1.82, 2.24) is 14.5 Å². The van der Waals surface area contributed by atoms with Gasteiger partial charge < -0.3 is 9.55 Å². The summed E-state index contributed by atoms with van der Waals surface area (Å²) < 4.78 is 2.02. The number of fused-ring (bicyclic) bond motifs is 1. The molecule has 0 aliphatic rings. The van der Waals surface area contributed by atoms with E-state index in [2.05, 4.69) is 16.2 Å². The molecule has 0 saturated heterocycles. The Morgan fingerprint density at radius 1 is 1.50 bits per heavy atom. The Balaban J connectivity index is 0.000000720. The third kappa shape index (κ3) is 1.29. The summed E-state index contributed by atoms with van der Waals surface area (Å²) in [7, 11) is 1.98. The number of pyridine rings is 1. The van der Waals surface area contributed by atoms with Crippen molar-refractivity contribution >= 4 is 11.0 Å². The summed E-state index contributed by atoms with van der Waals surface area (Å²) in [5.41, 5.74) is 1.92. The molecular weight excluding hydrogens is 322 g/mol. The van der Waals surface area contributed by atoms with Gasteiger partial charge in [0.15, 0.2) is 0 Å². The van der Waals surface area contributed by atoms with E-state index in [-0.39, 0.29) is 21.1 Å². The summed E-state index contributed by atoms with van der Waals surface area (Å²) in [6.07, 6.45) is 4.56. The van der Waals surface area contributed by atoms with Crippen LogP contribution >= 0.6 is 0 Å². The molecule has 0 saturated carbocycles. The van der Waals surface area contributed by atoms with Crippen molar-refractivity contribution in [2.45, 2.75) is 6.92 Å². The fourth-order valence-electron chi connectivity index (χ4n) is 1.11. The van der Waals surface area contributed by atoms with E-state index in [1.165, 1.54) is 0 Å². The molecule has 2 heterocycles. The molecular formula is C8H8N3W-. The number of imidazole rings is 1. The average molecular weight is 330 g/mol. The molecule has 62 valence electrons. The standard InChI is InChI=1S/C8H8N3.W/c1-6-10-7-5-9-4-3-8(7)11(6)2;/h3-4H,1-2H3;/q-1;. The Labute approximate surface area is 85.1 Å². The number of hydrogen-bond acceptors (Lipinski definition) is 2. The Morgan fingerprint density at radius 2 is 2.25 bits per heavy atom. The van der Waals surface area contributed by atoms with Crippen molar-refractivity contribution in [3.05, 3.63) is 24.3 Å². The van der Waals surface area contributed by atoms with Gasteiger partial charge in [-0.1, -0.05) is 12.4 Å². The molecule has 2 aromatic heterocycles. The summed E-state index contributed by atoms with van der Waals surface area (Å²) in [5.74, 6) is 0.990. The van der Waals surface area contributed by atoms with Crippen LogP contribution in [-0.2, 0) is 28.1 Å². The number of aromatic nitrogens is 3. The maximum absolute atomic E-state index is 4.26. The maximum Gasteiger partial charge on any atom is 0.0925 e. The Hall–Kier alpha value is -0.692. The van der Waals surface area contributed by atoms with Crippen LogP contribution in [0.1, 0.15) is 5.82 Å². The van der Waals surface area contributed by atoms with Gasteiger partial charge in [-0.05, 0) is 18.0 Å². The van der Waals surface area contributed by atoms with Crippen LogP contribution in [0.3, 0.4) is 0 Å². The SMILES string of the molecule is Cc1nc2[c-]nccc2n1C.[W]. The van der Waals surface area contributed by atoms with E-state index in [4.69, 9.17) is 0 Å². The number of rotatable bonds is 0. The van der Waals surface area contributed by atoms with Crippen LogP contribution in [0.2, 0.25) is 0 Å². The molecule has 0 unspecified atom stereocenters. The molecule has 0 aliphatic carbocycles. The van der Waals surface area contributed by atoms with Crippen molar-refractivity contribution in [3.8, 4) is 0 Å². The van der Waals surface area contributed by atoms with Crippen molar-refractivity contribution in [2.75, 3.05) is 0 Å². The molecule has 12 heavy (non-hydrogen) atoms. The van der Waals surface area contributed by atoms with Crippen LogP contribution in [0, 0.1) is 13.1 Å². The van der Waals surface area contributed by atoms with Crippen molar-refractivity contribution < 1.29 is 21.1 Å². The van der Waals surface area contributed by atoms with Crippen LogP contribution in [0.4, 0.5) is 0 Å². The van der Waals surface area contributed by atoms with Crippen LogP contribution < -0.4 is 0 Å². The first kappa shape index (κ1) is 9.40. The fourth-order valence-corrected chi connectivity index (χ4v) is 1.11. The Bertz CT molecular complexity index is 394. The predicted octanol–water partition coefficient (Wildman–Crippen LogP) is 1.07. The fraction of sp³-hybridized carbons (Fsp3) is 0.250. The first-order chi connectivity index (χ1) is 5.29. The molecule has 0 radical (unpaired) electrons. The molecule has 0 amide bonds. The monoisotopic (exact) mass is 330 g/mol. The van der Waals surface area contributed by atoms with Crippen LogP contribution in [-0.4, -0.2) is 14.5 Å². The van der Waals surface area contributed by atoms with E-state index in [0.29, 0.717) is 0 Å². The van der Waals surface area contributed by atoms with E-state index in [1.807, 2.05) is 24.6 Å². The van der Waals surface area contributed by atoms with E-state index >= 15 is 0 Å². The predicted molar refractivity (Wildman–Crippen MR) is 42.1 cm³/mol. The third-order valence-corrected chi connectivity index (χ3v) is 1.84. The smallest absolute Gasteiger partial charge is 0.0925 e. The van der Waals surface area contributed by atoms with Crippen LogP contribution in [0.5, 0.6) is 0 Å². The molecule has 0 spiro atoms. The van der Waals surface area contributed by atoms with E-state index in [9.17, 15) is 0 Å². The second-order valence-electron chi connectivity index (χ2n) is 2.51. The number of hydrogen-bond donors (Lipinski definition) is 0. The minimum absolute atomic E-state index is 0. The van der Waals surface area contributed by atoms with Gasteiger partial charge in [-0.25, -0.2) is 0 Å². The summed E-state index contributed by atoms with van der Waals surface area (Å²) in [6.45, 7) is 1.97. The van der Waals surface area contributed by atoms with Gasteiger partial charge in [-0.15, -0.1) is 6.07 Å². The topological polar surface area (TPSA) is 30.7 Å². The molecule has 0 N–H and O–H groups in total. The molecule has 2 aromatic rings. The van der Waals surface area contributed by atoms with Gasteiger partial charge in [-0.3, -0.25) is 4.98 Å². The van der Waals surface area contributed by atoms with Gasteiger partial charge in [0.05, 0.1) is 5.82 Å². The van der Waals surface area contributed by atoms with Crippen LogP contribution in [0.25, 0.3) is 11.0 Å². The van der Waals surface area contributed by atoms with E-state index in [0.717, 1.165) is 16.9 Å². The first-order valence-corrected chi connectivity index (χ1v) is 3.45. The zero-order valence-electron chi connectivity index (χ0n) is 6.90. The number of nitrogens with zero attached hydrogens (tertiary/aromatic N) is 3. The van der Waals surface area contributed by atoms with Gasteiger partial charge >= 0.3 is 0 Å². The molecule has 2 rings (SSSR count). The summed E-state index contributed by atoms with van der Waals surface area (Å²) in [5, 5.41) is 0. The number of aryl methyl sites for hydroxylation is 2. The van der Waals surface area contributed by atoms with Gasteiger partial charge in [-0.2, -0.15) is 0 Å². The largest absolute Gasteiger partial charge is 0.392 e. The van der Waals surface area contributed by atoms with E-state index in [1.54, 1.807) is 6.20 Å². The summed E-state index contributed by atoms with van der Waals surface area (Å²) >= 11 is 0. The van der Waals surface area contributed by atoms with E-state index < -0.39 is 0 Å². The van der Waals surface area contributed by atoms with Gasteiger partial charge in [0.1, 0.15) is 0 Å². The first-order valence-electron chi connectivity index (χ1n) is 3.45. The van der Waals surface area contributed by atoms with Gasteiger partial charge in [0.2, 0.25) is 0 Å². The average Bonchev–Trinajstić information content (AvgIpc) is 2.30. The molecule has 4 heteroatoms. The van der Waals surface area contributed by atoms with Gasteiger partial charge in [0.25, 0.3) is 0 Å². The Kier molecular flexibility index (Phi) is 2.63. The van der Waals surface area contributed by atoms with Gasteiger partial charge in [0, 0.05) is 28.1 Å². The molecule has 0 aromatic carbocycles.